The minimum Gasteiger partial charge on any atom is -0.394 e. The molecule has 5 nitrogen and oxygen atoms in total. The van der Waals surface area contributed by atoms with Crippen molar-refractivity contribution in [3.05, 3.63) is 0 Å². The quantitative estimate of drug-likeness (QED) is 0.630. The topological polar surface area (TPSA) is 54.0 Å². The zero-order chi connectivity index (χ0) is 15.3. The maximum Gasteiger partial charge on any atom is 0.0971 e. The van der Waals surface area contributed by atoms with Gasteiger partial charge in [-0.25, -0.2) is 0 Å². The number of hydrogen-bond acceptors (Lipinski definition) is 5. The van der Waals surface area contributed by atoms with Gasteiger partial charge in [-0.3, -0.25) is 4.90 Å². The van der Waals surface area contributed by atoms with Crippen molar-refractivity contribution in [1.29, 1.82) is 0 Å². The molecule has 0 spiro atoms. The first-order valence-corrected chi connectivity index (χ1v) is 8.33. The van der Waals surface area contributed by atoms with Gasteiger partial charge in [-0.1, -0.05) is 6.92 Å². The fourth-order valence-electron chi connectivity index (χ4n) is 3.34. The molecule has 3 unspecified atom stereocenters. The van der Waals surface area contributed by atoms with Crippen LogP contribution >= 0.6 is 0 Å². The maximum atomic E-state index is 9.79. The lowest BCUT2D eigenvalue weighted by Crippen LogP contribution is -2.49. The van der Waals surface area contributed by atoms with Crippen LogP contribution in [0.4, 0.5) is 0 Å². The Labute approximate surface area is 129 Å². The first kappa shape index (κ1) is 17.2. The van der Waals surface area contributed by atoms with E-state index in [-0.39, 0.29) is 24.4 Å². The van der Waals surface area contributed by atoms with Gasteiger partial charge in [0.2, 0.25) is 0 Å². The molecule has 21 heavy (non-hydrogen) atoms. The Morgan fingerprint density at radius 3 is 2.24 bits per heavy atom. The molecule has 0 bridgehead atoms. The van der Waals surface area contributed by atoms with Gasteiger partial charge in [-0.05, 0) is 38.6 Å². The van der Waals surface area contributed by atoms with Crippen LogP contribution in [0.15, 0.2) is 0 Å². The molecular formula is C16H32N2O3. The van der Waals surface area contributed by atoms with Gasteiger partial charge in [0.25, 0.3) is 0 Å². The van der Waals surface area contributed by atoms with Gasteiger partial charge in [0, 0.05) is 38.9 Å². The number of nitrogens with zero attached hydrogens (tertiary/aromatic N) is 1. The second-order valence-corrected chi connectivity index (χ2v) is 6.62. The third-order valence-electron chi connectivity index (χ3n) is 5.09. The molecule has 1 heterocycles. The van der Waals surface area contributed by atoms with Crippen molar-refractivity contribution in [2.24, 2.45) is 0 Å². The number of nitrogens with one attached hydrogen (secondary N) is 1. The van der Waals surface area contributed by atoms with Crippen molar-refractivity contribution in [3.8, 4) is 0 Å². The van der Waals surface area contributed by atoms with Crippen LogP contribution in [-0.2, 0) is 9.47 Å². The number of likely N-dealkylation sites (tertiary alicyclic amines) is 1. The third kappa shape index (κ3) is 4.63. The van der Waals surface area contributed by atoms with E-state index in [1.54, 1.807) is 14.2 Å². The Morgan fingerprint density at radius 2 is 1.81 bits per heavy atom. The SMILES string of the molecule is CCC(CO)(CCCN1CC(OC)C(OC)C1)NC1CC1. The van der Waals surface area contributed by atoms with Gasteiger partial charge in [-0.2, -0.15) is 0 Å². The average Bonchev–Trinajstić information content (AvgIpc) is 3.23. The Hall–Kier alpha value is -0.200. The number of rotatable bonds is 10. The number of aliphatic hydroxyl groups excluding tert-OH is 1. The van der Waals surface area contributed by atoms with Crippen LogP contribution in [-0.4, -0.2) is 74.3 Å². The van der Waals surface area contributed by atoms with E-state index >= 15 is 0 Å². The Balaban J connectivity index is 1.74. The minimum absolute atomic E-state index is 0.0811. The zero-order valence-electron chi connectivity index (χ0n) is 13.8. The van der Waals surface area contributed by atoms with Crippen LogP contribution in [0, 0.1) is 0 Å². The molecule has 0 aromatic heterocycles. The number of hydrogen-bond donors (Lipinski definition) is 2. The lowest BCUT2D eigenvalue weighted by Gasteiger charge is -2.33. The molecule has 5 heteroatoms. The molecule has 124 valence electrons. The van der Waals surface area contributed by atoms with E-state index in [0.717, 1.165) is 38.9 Å². The fourth-order valence-corrected chi connectivity index (χ4v) is 3.34. The molecule has 0 radical (unpaired) electrons. The van der Waals surface area contributed by atoms with Gasteiger partial charge >= 0.3 is 0 Å². The maximum absolute atomic E-state index is 9.79. The van der Waals surface area contributed by atoms with Crippen LogP contribution < -0.4 is 5.32 Å². The summed E-state index contributed by atoms with van der Waals surface area (Å²) >= 11 is 0. The molecule has 1 saturated heterocycles. The molecule has 2 N–H and O–H groups in total. The number of methoxy groups -OCH3 is 2. The molecule has 1 aliphatic carbocycles. The summed E-state index contributed by atoms with van der Waals surface area (Å²) in [6.07, 6.45) is 6.02. The van der Waals surface area contributed by atoms with E-state index in [1.807, 2.05) is 0 Å². The van der Waals surface area contributed by atoms with Crippen molar-refractivity contribution < 1.29 is 14.6 Å². The molecule has 2 fully saturated rings. The molecule has 2 rings (SSSR count). The third-order valence-corrected chi connectivity index (χ3v) is 5.09. The first-order chi connectivity index (χ1) is 10.2. The van der Waals surface area contributed by atoms with Gasteiger partial charge in [-0.15, -0.1) is 0 Å². The summed E-state index contributed by atoms with van der Waals surface area (Å²) < 4.78 is 11.0. The van der Waals surface area contributed by atoms with Gasteiger partial charge in [0.15, 0.2) is 0 Å². The summed E-state index contributed by atoms with van der Waals surface area (Å²) in [6, 6.07) is 0.639. The summed E-state index contributed by atoms with van der Waals surface area (Å²) in [4.78, 5) is 2.41. The summed E-state index contributed by atoms with van der Waals surface area (Å²) in [5, 5.41) is 13.4. The van der Waals surface area contributed by atoms with E-state index in [4.69, 9.17) is 9.47 Å². The van der Waals surface area contributed by atoms with Crippen LogP contribution in [0.25, 0.3) is 0 Å². The molecular weight excluding hydrogens is 268 g/mol. The summed E-state index contributed by atoms with van der Waals surface area (Å²) in [5.41, 5.74) is -0.0811. The monoisotopic (exact) mass is 300 g/mol. The molecule has 2 aliphatic rings. The summed E-state index contributed by atoms with van der Waals surface area (Å²) in [6.45, 7) is 5.35. The largest absolute Gasteiger partial charge is 0.394 e. The van der Waals surface area contributed by atoms with E-state index < -0.39 is 0 Å². The van der Waals surface area contributed by atoms with Gasteiger partial charge in [0.05, 0.1) is 18.8 Å². The molecule has 0 aromatic rings. The van der Waals surface area contributed by atoms with E-state index in [1.165, 1.54) is 12.8 Å². The van der Waals surface area contributed by atoms with E-state index in [0.29, 0.717) is 6.04 Å². The van der Waals surface area contributed by atoms with E-state index in [2.05, 4.69) is 17.1 Å². The smallest absolute Gasteiger partial charge is 0.0971 e. The van der Waals surface area contributed by atoms with Gasteiger partial charge in [0.1, 0.15) is 0 Å². The van der Waals surface area contributed by atoms with Crippen LogP contribution in [0.2, 0.25) is 0 Å². The van der Waals surface area contributed by atoms with E-state index in [9.17, 15) is 5.11 Å². The number of aliphatic hydroxyl groups is 1. The summed E-state index contributed by atoms with van der Waals surface area (Å²) in [5.74, 6) is 0. The molecule has 3 atom stereocenters. The van der Waals surface area contributed by atoms with Crippen molar-refractivity contribution >= 4 is 0 Å². The highest BCUT2D eigenvalue weighted by Gasteiger charge is 2.35. The second kappa shape index (κ2) is 7.88. The highest BCUT2D eigenvalue weighted by atomic mass is 16.5. The average molecular weight is 300 g/mol. The predicted molar refractivity (Wildman–Crippen MR) is 83.5 cm³/mol. The lowest BCUT2D eigenvalue weighted by molar-refractivity contribution is -0.00461. The number of ether oxygens (including phenoxy) is 2. The minimum atomic E-state index is -0.0811. The standard InChI is InChI=1S/C16H32N2O3/c1-4-16(12-19,17-13-6-7-13)8-5-9-18-10-14(20-2)15(11-18)21-3/h13-15,17,19H,4-12H2,1-3H3. The molecule has 0 amide bonds. The first-order valence-electron chi connectivity index (χ1n) is 8.33. The van der Waals surface area contributed by atoms with Crippen molar-refractivity contribution in [2.75, 3.05) is 40.5 Å². The van der Waals surface area contributed by atoms with Crippen molar-refractivity contribution in [3.63, 3.8) is 0 Å². The van der Waals surface area contributed by atoms with Crippen molar-refractivity contribution in [1.82, 2.24) is 10.2 Å². The Bertz CT molecular complexity index is 294. The van der Waals surface area contributed by atoms with Crippen LogP contribution in [0.3, 0.4) is 0 Å². The van der Waals surface area contributed by atoms with Crippen LogP contribution in [0.1, 0.15) is 39.0 Å². The fraction of sp³-hybridized carbons (Fsp3) is 1.00. The molecule has 1 saturated carbocycles. The highest BCUT2D eigenvalue weighted by Crippen LogP contribution is 2.27. The lowest BCUT2D eigenvalue weighted by atomic mass is 9.91. The second-order valence-electron chi connectivity index (χ2n) is 6.62. The Morgan fingerprint density at radius 1 is 1.19 bits per heavy atom. The molecule has 0 aromatic carbocycles. The highest BCUT2D eigenvalue weighted by molar-refractivity contribution is 4.95. The predicted octanol–water partition coefficient (Wildman–Crippen LogP) is 1.01. The summed E-state index contributed by atoms with van der Waals surface area (Å²) in [7, 11) is 3.52. The molecule has 1 aliphatic heterocycles. The van der Waals surface area contributed by atoms with Crippen LogP contribution in [0.5, 0.6) is 0 Å². The normalized spacial score (nSPS) is 29.7. The zero-order valence-corrected chi connectivity index (χ0v) is 13.8. The van der Waals surface area contributed by atoms with Gasteiger partial charge < -0.3 is 19.9 Å². The Kier molecular flexibility index (Phi) is 6.44. The van der Waals surface area contributed by atoms with Crippen molar-refractivity contribution in [2.45, 2.75) is 62.8 Å².